The van der Waals surface area contributed by atoms with Crippen LogP contribution in [0.15, 0.2) is 58.3 Å². The summed E-state index contributed by atoms with van der Waals surface area (Å²) in [6.07, 6.45) is 2.61. The fourth-order valence-electron chi connectivity index (χ4n) is 2.20. The standard InChI is InChI=1S/C20H23ClO3S/c1-16(22)23-14-2-4-17-5-9-19(10-6-17)25-20-11-7-18(8-12-20)24-15-3-13-21/h5-12H,2-4,13-15H2,1H3. The molecule has 2 rings (SSSR count). The third kappa shape index (κ3) is 7.84. The van der Waals surface area contributed by atoms with Crippen LogP contribution in [0.25, 0.3) is 0 Å². The Hall–Kier alpha value is -1.65. The third-order valence-electron chi connectivity index (χ3n) is 3.44. The average Bonchev–Trinajstić information content (AvgIpc) is 2.62. The second-order valence-electron chi connectivity index (χ2n) is 5.55. The topological polar surface area (TPSA) is 35.5 Å². The lowest BCUT2D eigenvalue weighted by Gasteiger charge is -2.07. The van der Waals surface area contributed by atoms with Gasteiger partial charge in [0.1, 0.15) is 5.75 Å². The van der Waals surface area contributed by atoms with Crippen LogP contribution in [-0.2, 0) is 16.0 Å². The Labute approximate surface area is 158 Å². The molecule has 5 heteroatoms. The Morgan fingerprint density at radius 3 is 2.20 bits per heavy atom. The summed E-state index contributed by atoms with van der Waals surface area (Å²) in [5, 5.41) is 0. The Balaban J connectivity index is 1.79. The van der Waals surface area contributed by atoms with Crippen molar-refractivity contribution in [1.82, 2.24) is 0 Å². The van der Waals surface area contributed by atoms with Crippen molar-refractivity contribution in [1.29, 1.82) is 0 Å². The summed E-state index contributed by atoms with van der Waals surface area (Å²) in [6.45, 7) is 2.56. The van der Waals surface area contributed by atoms with E-state index in [1.54, 1.807) is 11.8 Å². The number of rotatable bonds is 10. The van der Waals surface area contributed by atoms with E-state index in [1.807, 2.05) is 12.1 Å². The second-order valence-corrected chi connectivity index (χ2v) is 7.08. The molecule has 0 aromatic heterocycles. The predicted molar refractivity (Wildman–Crippen MR) is 103 cm³/mol. The van der Waals surface area contributed by atoms with E-state index in [1.165, 1.54) is 22.3 Å². The molecule has 0 N–H and O–H groups in total. The molecule has 0 unspecified atom stereocenters. The summed E-state index contributed by atoms with van der Waals surface area (Å²) < 4.78 is 10.6. The molecule has 0 aliphatic heterocycles. The van der Waals surface area contributed by atoms with Gasteiger partial charge in [0.15, 0.2) is 0 Å². The molecule has 0 fully saturated rings. The Bertz CT molecular complexity index is 641. The molecular weight excluding hydrogens is 356 g/mol. The SMILES string of the molecule is CC(=O)OCCCc1ccc(Sc2ccc(OCCCCl)cc2)cc1. The average molecular weight is 379 g/mol. The lowest BCUT2D eigenvalue weighted by molar-refractivity contribution is -0.141. The lowest BCUT2D eigenvalue weighted by atomic mass is 10.1. The first kappa shape index (κ1) is 19.7. The van der Waals surface area contributed by atoms with Crippen molar-refractivity contribution in [3.63, 3.8) is 0 Å². The van der Waals surface area contributed by atoms with Gasteiger partial charge >= 0.3 is 5.97 Å². The monoisotopic (exact) mass is 378 g/mol. The van der Waals surface area contributed by atoms with Crippen molar-refractivity contribution < 1.29 is 14.3 Å². The van der Waals surface area contributed by atoms with E-state index in [0.29, 0.717) is 19.1 Å². The Kier molecular flexibility index (Phi) is 8.70. The van der Waals surface area contributed by atoms with Gasteiger partial charge in [-0.3, -0.25) is 4.79 Å². The van der Waals surface area contributed by atoms with Crippen molar-refractivity contribution in [2.24, 2.45) is 0 Å². The zero-order valence-corrected chi connectivity index (χ0v) is 15.9. The number of hydrogen-bond donors (Lipinski definition) is 0. The highest BCUT2D eigenvalue weighted by Crippen LogP contribution is 2.29. The van der Waals surface area contributed by atoms with E-state index in [-0.39, 0.29) is 5.97 Å². The zero-order valence-electron chi connectivity index (χ0n) is 14.4. The number of benzene rings is 2. The van der Waals surface area contributed by atoms with Crippen molar-refractivity contribution in [3.8, 4) is 5.75 Å². The van der Waals surface area contributed by atoms with E-state index in [4.69, 9.17) is 21.1 Å². The first-order chi connectivity index (χ1) is 12.2. The van der Waals surface area contributed by atoms with Gasteiger partial charge in [0.05, 0.1) is 13.2 Å². The molecule has 0 aliphatic rings. The normalized spacial score (nSPS) is 10.5. The van der Waals surface area contributed by atoms with Crippen LogP contribution in [0.4, 0.5) is 0 Å². The Morgan fingerprint density at radius 2 is 1.60 bits per heavy atom. The van der Waals surface area contributed by atoms with Crippen LogP contribution >= 0.6 is 23.4 Å². The van der Waals surface area contributed by atoms with Crippen LogP contribution in [0.5, 0.6) is 5.75 Å². The van der Waals surface area contributed by atoms with Crippen molar-refractivity contribution in [2.75, 3.05) is 19.1 Å². The summed E-state index contributed by atoms with van der Waals surface area (Å²) in [7, 11) is 0. The molecule has 0 atom stereocenters. The van der Waals surface area contributed by atoms with Crippen LogP contribution in [0.1, 0.15) is 25.3 Å². The van der Waals surface area contributed by atoms with E-state index in [0.717, 1.165) is 25.0 Å². The number of esters is 1. The molecule has 0 bridgehead atoms. The zero-order chi connectivity index (χ0) is 17.9. The fourth-order valence-corrected chi connectivity index (χ4v) is 3.13. The molecule has 0 radical (unpaired) electrons. The molecule has 0 aliphatic carbocycles. The minimum Gasteiger partial charge on any atom is -0.494 e. The van der Waals surface area contributed by atoms with Gasteiger partial charge in [-0.05, 0) is 61.2 Å². The second kappa shape index (κ2) is 11.1. The van der Waals surface area contributed by atoms with Crippen LogP contribution in [0, 0.1) is 0 Å². The molecule has 2 aromatic rings. The molecule has 2 aromatic carbocycles. The van der Waals surface area contributed by atoms with E-state index in [9.17, 15) is 4.79 Å². The number of carbonyl (C=O) groups is 1. The number of hydrogen-bond acceptors (Lipinski definition) is 4. The molecule has 0 heterocycles. The van der Waals surface area contributed by atoms with Gasteiger partial charge < -0.3 is 9.47 Å². The number of carbonyl (C=O) groups excluding carboxylic acids is 1. The van der Waals surface area contributed by atoms with Crippen LogP contribution in [0.3, 0.4) is 0 Å². The summed E-state index contributed by atoms with van der Waals surface area (Å²) >= 11 is 7.36. The summed E-state index contributed by atoms with van der Waals surface area (Å²) in [5.41, 5.74) is 1.25. The van der Waals surface area contributed by atoms with Crippen molar-refractivity contribution in [2.45, 2.75) is 36.0 Å². The van der Waals surface area contributed by atoms with E-state index >= 15 is 0 Å². The number of ether oxygens (including phenoxy) is 2. The largest absolute Gasteiger partial charge is 0.494 e. The van der Waals surface area contributed by atoms with Crippen LogP contribution in [0.2, 0.25) is 0 Å². The first-order valence-electron chi connectivity index (χ1n) is 8.36. The van der Waals surface area contributed by atoms with Crippen molar-refractivity contribution in [3.05, 3.63) is 54.1 Å². The smallest absolute Gasteiger partial charge is 0.302 e. The maximum absolute atomic E-state index is 10.7. The Morgan fingerprint density at radius 1 is 0.960 bits per heavy atom. The number of alkyl halides is 1. The van der Waals surface area contributed by atoms with Crippen molar-refractivity contribution >= 4 is 29.3 Å². The van der Waals surface area contributed by atoms with Gasteiger partial charge in [0, 0.05) is 22.6 Å². The highest BCUT2D eigenvalue weighted by Gasteiger charge is 2.01. The summed E-state index contributed by atoms with van der Waals surface area (Å²) in [6, 6.07) is 16.6. The number of halogens is 1. The van der Waals surface area contributed by atoms with Gasteiger partial charge in [-0.1, -0.05) is 23.9 Å². The van der Waals surface area contributed by atoms with E-state index < -0.39 is 0 Å². The minimum absolute atomic E-state index is 0.220. The van der Waals surface area contributed by atoms with Crippen LogP contribution in [-0.4, -0.2) is 25.1 Å². The molecule has 25 heavy (non-hydrogen) atoms. The fraction of sp³-hybridized carbons (Fsp3) is 0.350. The highest BCUT2D eigenvalue weighted by molar-refractivity contribution is 7.99. The third-order valence-corrected chi connectivity index (χ3v) is 4.73. The lowest BCUT2D eigenvalue weighted by Crippen LogP contribution is -2.01. The first-order valence-corrected chi connectivity index (χ1v) is 9.71. The van der Waals surface area contributed by atoms with E-state index in [2.05, 4.69) is 36.4 Å². The van der Waals surface area contributed by atoms with Gasteiger partial charge in [-0.15, -0.1) is 11.6 Å². The van der Waals surface area contributed by atoms with Crippen LogP contribution < -0.4 is 4.74 Å². The molecule has 0 saturated heterocycles. The van der Waals surface area contributed by atoms with Gasteiger partial charge in [-0.2, -0.15) is 0 Å². The minimum atomic E-state index is -0.220. The predicted octanol–water partition coefficient (Wildman–Crippen LogP) is 5.34. The molecule has 3 nitrogen and oxygen atoms in total. The maximum atomic E-state index is 10.7. The maximum Gasteiger partial charge on any atom is 0.302 e. The number of aryl methyl sites for hydroxylation is 1. The molecule has 134 valence electrons. The molecule has 0 amide bonds. The van der Waals surface area contributed by atoms with Gasteiger partial charge in [0.25, 0.3) is 0 Å². The van der Waals surface area contributed by atoms with Gasteiger partial charge in [-0.25, -0.2) is 0 Å². The quantitative estimate of drug-likeness (QED) is 0.317. The molecule has 0 saturated carbocycles. The summed E-state index contributed by atoms with van der Waals surface area (Å²) in [5.74, 6) is 1.27. The molecular formula is C20H23ClO3S. The van der Waals surface area contributed by atoms with Gasteiger partial charge in [0.2, 0.25) is 0 Å². The highest BCUT2D eigenvalue weighted by atomic mass is 35.5. The summed E-state index contributed by atoms with van der Waals surface area (Å²) in [4.78, 5) is 13.1. The molecule has 0 spiro atoms.